The molecule has 0 spiro atoms. The molecular formula is C37H25NS. The van der Waals surface area contributed by atoms with E-state index in [1.54, 1.807) is 0 Å². The Morgan fingerprint density at radius 1 is 0.436 bits per heavy atom. The molecule has 1 aliphatic rings. The van der Waals surface area contributed by atoms with Gasteiger partial charge in [0, 0.05) is 21.2 Å². The summed E-state index contributed by atoms with van der Waals surface area (Å²) in [5.74, 6) is 0. The van der Waals surface area contributed by atoms with Crippen LogP contribution in [0.2, 0.25) is 0 Å². The van der Waals surface area contributed by atoms with E-state index in [4.69, 9.17) is 0 Å². The molecule has 1 aromatic heterocycles. The van der Waals surface area contributed by atoms with Gasteiger partial charge < -0.3 is 5.32 Å². The van der Waals surface area contributed by atoms with Crippen LogP contribution in [0.4, 0.5) is 11.4 Å². The van der Waals surface area contributed by atoms with Crippen molar-refractivity contribution < 1.29 is 0 Å². The van der Waals surface area contributed by atoms with Gasteiger partial charge in [-0.15, -0.1) is 11.3 Å². The van der Waals surface area contributed by atoms with Crippen molar-refractivity contribution in [1.82, 2.24) is 0 Å². The highest BCUT2D eigenvalue weighted by molar-refractivity contribution is 7.26. The lowest BCUT2D eigenvalue weighted by Gasteiger charge is -2.35. The predicted molar refractivity (Wildman–Crippen MR) is 166 cm³/mol. The summed E-state index contributed by atoms with van der Waals surface area (Å²) in [5, 5.41) is 6.53. The number of fused-ring (bicyclic) bond motifs is 6. The molecule has 2 heteroatoms. The fourth-order valence-electron chi connectivity index (χ4n) is 6.59. The summed E-state index contributed by atoms with van der Waals surface area (Å²) in [6, 6.07) is 53.0. The largest absolute Gasteiger partial charge is 0.354 e. The van der Waals surface area contributed by atoms with Crippen LogP contribution in [0, 0.1) is 0 Å². The van der Waals surface area contributed by atoms with Crippen LogP contribution in [0.15, 0.2) is 146 Å². The Balaban J connectivity index is 1.41. The molecule has 0 amide bonds. The van der Waals surface area contributed by atoms with E-state index in [0.29, 0.717) is 0 Å². The van der Waals surface area contributed by atoms with E-state index in [0.717, 1.165) is 11.4 Å². The lowest BCUT2D eigenvalue weighted by molar-refractivity contribution is 0.771. The molecule has 39 heavy (non-hydrogen) atoms. The molecule has 1 heterocycles. The van der Waals surface area contributed by atoms with Crippen molar-refractivity contribution in [3.63, 3.8) is 0 Å². The Hall–Kier alpha value is -4.66. The number of hydrogen-bond donors (Lipinski definition) is 1. The summed E-state index contributed by atoms with van der Waals surface area (Å²) in [6.45, 7) is 0. The molecule has 0 atom stereocenters. The maximum Gasteiger partial charge on any atom is 0.0733 e. The summed E-state index contributed by atoms with van der Waals surface area (Å²) in [6.07, 6.45) is 0. The highest BCUT2D eigenvalue weighted by atomic mass is 32.1. The van der Waals surface area contributed by atoms with Crippen molar-refractivity contribution in [2.45, 2.75) is 5.41 Å². The van der Waals surface area contributed by atoms with Crippen LogP contribution in [0.5, 0.6) is 0 Å². The maximum absolute atomic E-state index is 3.92. The van der Waals surface area contributed by atoms with E-state index in [1.807, 2.05) is 11.3 Å². The standard InChI is InChI=1S/C37H25NS/c1-2-13-25(14-3-1)37(30-19-7-4-15-26(30)27-16-5-8-20-31(27)37)32-21-9-10-22-33(32)38-34-23-12-18-29-28-17-6-11-24-35(28)39-36(29)34/h1-24,38H. The first-order valence-electron chi connectivity index (χ1n) is 13.4. The topological polar surface area (TPSA) is 12.0 Å². The van der Waals surface area contributed by atoms with Crippen LogP contribution < -0.4 is 5.32 Å². The molecule has 7 aromatic rings. The Labute approximate surface area is 232 Å². The van der Waals surface area contributed by atoms with E-state index < -0.39 is 5.41 Å². The number of hydrogen-bond acceptors (Lipinski definition) is 2. The molecular weight excluding hydrogens is 490 g/mol. The molecule has 184 valence electrons. The second kappa shape index (κ2) is 8.69. The summed E-state index contributed by atoms with van der Waals surface area (Å²) in [7, 11) is 0. The normalized spacial score (nSPS) is 13.3. The average molecular weight is 516 g/mol. The van der Waals surface area contributed by atoms with Gasteiger partial charge in [-0.1, -0.05) is 127 Å². The van der Waals surface area contributed by atoms with Gasteiger partial charge >= 0.3 is 0 Å². The third-order valence-corrected chi connectivity index (χ3v) is 9.38. The van der Waals surface area contributed by atoms with E-state index in [2.05, 4.69) is 151 Å². The van der Waals surface area contributed by atoms with Crippen molar-refractivity contribution in [1.29, 1.82) is 0 Å². The van der Waals surface area contributed by atoms with Crippen molar-refractivity contribution in [2.24, 2.45) is 0 Å². The van der Waals surface area contributed by atoms with E-state index >= 15 is 0 Å². The Bertz CT molecular complexity index is 1950. The Kier molecular flexibility index (Phi) is 4.98. The summed E-state index contributed by atoms with van der Waals surface area (Å²) in [5.41, 5.74) is 9.62. The predicted octanol–water partition coefficient (Wildman–Crippen LogP) is 10.2. The second-order valence-corrected chi connectivity index (χ2v) is 11.2. The third-order valence-electron chi connectivity index (χ3n) is 8.16. The highest BCUT2D eigenvalue weighted by Gasteiger charge is 2.46. The first-order valence-corrected chi connectivity index (χ1v) is 14.2. The van der Waals surface area contributed by atoms with Crippen LogP contribution in [-0.4, -0.2) is 0 Å². The molecule has 0 aliphatic heterocycles. The molecule has 0 unspecified atom stereocenters. The summed E-state index contributed by atoms with van der Waals surface area (Å²) < 4.78 is 2.60. The zero-order chi connectivity index (χ0) is 25.8. The van der Waals surface area contributed by atoms with Crippen LogP contribution in [0.1, 0.15) is 22.3 Å². The molecule has 8 rings (SSSR count). The van der Waals surface area contributed by atoms with E-state index in [9.17, 15) is 0 Å². The smallest absolute Gasteiger partial charge is 0.0733 e. The highest BCUT2D eigenvalue weighted by Crippen LogP contribution is 2.57. The average Bonchev–Trinajstić information content (AvgIpc) is 3.53. The molecule has 1 N–H and O–H groups in total. The number of para-hydroxylation sites is 1. The second-order valence-electron chi connectivity index (χ2n) is 10.2. The minimum atomic E-state index is -0.438. The van der Waals surface area contributed by atoms with Crippen molar-refractivity contribution in [3.8, 4) is 11.1 Å². The zero-order valence-electron chi connectivity index (χ0n) is 21.3. The fraction of sp³-hybridized carbons (Fsp3) is 0.0270. The zero-order valence-corrected chi connectivity index (χ0v) is 22.1. The maximum atomic E-state index is 3.92. The lowest BCUT2D eigenvalue weighted by Crippen LogP contribution is -2.29. The molecule has 0 bridgehead atoms. The van der Waals surface area contributed by atoms with Crippen molar-refractivity contribution in [3.05, 3.63) is 168 Å². The Morgan fingerprint density at radius 2 is 1.00 bits per heavy atom. The van der Waals surface area contributed by atoms with Gasteiger partial charge in [0.2, 0.25) is 0 Å². The summed E-state index contributed by atoms with van der Waals surface area (Å²) in [4.78, 5) is 0. The molecule has 0 radical (unpaired) electrons. The van der Waals surface area contributed by atoms with Gasteiger partial charge in [0.1, 0.15) is 0 Å². The summed E-state index contributed by atoms with van der Waals surface area (Å²) >= 11 is 1.86. The molecule has 6 aromatic carbocycles. The van der Waals surface area contributed by atoms with Gasteiger partial charge in [0.15, 0.2) is 0 Å². The van der Waals surface area contributed by atoms with Gasteiger partial charge in [-0.25, -0.2) is 0 Å². The quantitative estimate of drug-likeness (QED) is 0.246. The molecule has 0 saturated carbocycles. The number of nitrogens with one attached hydrogen (secondary N) is 1. The minimum Gasteiger partial charge on any atom is -0.354 e. The molecule has 0 fully saturated rings. The number of rotatable bonds is 4. The monoisotopic (exact) mass is 515 g/mol. The van der Waals surface area contributed by atoms with Gasteiger partial charge in [-0.2, -0.15) is 0 Å². The minimum absolute atomic E-state index is 0.438. The number of benzene rings is 6. The lowest BCUT2D eigenvalue weighted by atomic mass is 9.67. The van der Waals surface area contributed by atoms with Crippen molar-refractivity contribution in [2.75, 3.05) is 5.32 Å². The van der Waals surface area contributed by atoms with Gasteiger partial charge in [0.05, 0.1) is 15.8 Å². The first-order chi connectivity index (χ1) is 19.4. The third kappa shape index (κ3) is 3.19. The first kappa shape index (κ1) is 22.3. The van der Waals surface area contributed by atoms with E-state index in [1.165, 1.54) is 53.6 Å². The van der Waals surface area contributed by atoms with Crippen LogP contribution >= 0.6 is 11.3 Å². The van der Waals surface area contributed by atoms with Crippen LogP contribution in [0.25, 0.3) is 31.3 Å². The van der Waals surface area contributed by atoms with Gasteiger partial charge in [0.25, 0.3) is 0 Å². The number of anilines is 2. The SMILES string of the molecule is c1ccc(C2(c3ccccc3Nc3cccc4c3sc3ccccc34)c3ccccc3-c3ccccc32)cc1. The molecule has 1 aliphatic carbocycles. The Morgan fingerprint density at radius 3 is 1.77 bits per heavy atom. The molecule has 1 nitrogen and oxygen atoms in total. The van der Waals surface area contributed by atoms with Crippen molar-refractivity contribution >= 4 is 42.9 Å². The van der Waals surface area contributed by atoms with Gasteiger partial charge in [-0.3, -0.25) is 0 Å². The van der Waals surface area contributed by atoms with Crippen LogP contribution in [0.3, 0.4) is 0 Å². The van der Waals surface area contributed by atoms with E-state index in [-0.39, 0.29) is 0 Å². The fourth-order valence-corrected chi connectivity index (χ4v) is 7.76. The van der Waals surface area contributed by atoms with Gasteiger partial charge in [-0.05, 0) is 51.6 Å². The van der Waals surface area contributed by atoms with Crippen LogP contribution in [-0.2, 0) is 5.41 Å². The number of thiophene rings is 1. The molecule has 0 saturated heterocycles.